The molecule has 1 spiro atoms. The Morgan fingerprint density at radius 3 is 2.85 bits per heavy atom. The van der Waals surface area contributed by atoms with Crippen molar-refractivity contribution in [2.24, 2.45) is 5.92 Å². The van der Waals surface area contributed by atoms with Crippen molar-refractivity contribution in [1.82, 2.24) is 10.2 Å². The number of nitrogens with one attached hydrogen (secondary N) is 1. The number of carbonyl (C=O) groups excluding carboxylic acids is 1. The van der Waals surface area contributed by atoms with E-state index in [-0.39, 0.29) is 11.7 Å². The van der Waals surface area contributed by atoms with Gasteiger partial charge in [-0.05, 0) is 41.1 Å². The molecule has 2 unspecified atom stereocenters. The highest BCUT2D eigenvalue weighted by molar-refractivity contribution is 7.07. The molecule has 0 radical (unpaired) electrons. The highest BCUT2D eigenvalue weighted by Gasteiger charge is 2.52. The lowest BCUT2D eigenvalue weighted by Crippen LogP contribution is -2.44. The van der Waals surface area contributed by atoms with Crippen LogP contribution >= 0.6 is 11.3 Å². The minimum Gasteiger partial charge on any atom is -0.321 e. The van der Waals surface area contributed by atoms with Crippen molar-refractivity contribution in [3.63, 3.8) is 0 Å². The summed E-state index contributed by atoms with van der Waals surface area (Å²) in [6, 6.07) is 2.15. The van der Waals surface area contributed by atoms with E-state index in [4.69, 9.17) is 0 Å². The fourth-order valence-corrected chi connectivity index (χ4v) is 4.16. The molecule has 20 heavy (non-hydrogen) atoms. The van der Waals surface area contributed by atoms with E-state index in [1.807, 2.05) is 0 Å². The number of nitrogens with zero attached hydrogens (tertiary/aromatic N) is 1. The van der Waals surface area contributed by atoms with Crippen molar-refractivity contribution < 1.29 is 4.79 Å². The Balaban J connectivity index is 1.88. The summed E-state index contributed by atoms with van der Waals surface area (Å²) in [4.78, 5) is 15.1. The summed E-state index contributed by atoms with van der Waals surface area (Å²) in [6.45, 7) is 5.30. The summed E-state index contributed by atoms with van der Waals surface area (Å²) >= 11 is 1.71. The van der Waals surface area contributed by atoms with Crippen molar-refractivity contribution in [3.05, 3.63) is 22.4 Å². The van der Waals surface area contributed by atoms with Gasteiger partial charge in [-0.3, -0.25) is 10.1 Å². The summed E-state index contributed by atoms with van der Waals surface area (Å²) in [5.74, 6) is 0.893. The number of hydrogen-bond acceptors (Lipinski definition) is 3. The number of amides is 1. The van der Waals surface area contributed by atoms with Gasteiger partial charge in [0.1, 0.15) is 6.17 Å². The minimum absolute atomic E-state index is 0.0841. The lowest BCUT2D eigenvalue weighted by molar-refractivity contribution is -0.133. The van der Waals surface area contributed by atoms with Gasteiger partial charge in [0.05, 0.1) is 5.54 Å². The van der Waals surface area contributed by atoms with Crippen LogP contribution in [-0.4, -0.2) is 22.9 Å². The molecule has 1 aliphatic heterocycles. The van der Waals surface area contributed by atoms with Crippen LogP contribution in [0.2, 0.25) is 0 Å². The van der Waals surface area contributed by atoms with Crippen LogP contribution in [0.5, 0.6) is 0 Å². The summed E-state index contributed by atoms with van der Waals surface area (Å²) in [6.07, 6.45) is 5.55. The Labute approximate surface area is 125 Å². The van der Waals surface area contributed by atoms with Crippen LogP contribution in [0.1, 0.15) is 57.7 Å². The zero-order valence-electron chi connectivity index (χ0n) is 12.4. The molecular weight excluding hydrogens is 268 g/mol. The fraction of sp³-hybridized carbons (Fsp3) is 0.688. The van der Waals surface area contributed by atoms with Gasteiger partial charge in [-0.1, -0.05) is 33.1 Å². The van der Waals surface area contributed by atoms with Crippen LogP contribution in [0.25, 0.3) is 0 Å². The number of thiophene rings is 1. The number of hydrogen-bond donors (Lipinski definition) is 1. The normalized spacial score (nSPS) is 26.6. The van der Waals surface area contributed by atoms with E-state index in [2.05, 4.69) is 40.9 Å². The summed E-state index contributed by atoms with van der Waals surface area (Å²) in [5.41, 5.74) is 0.982. The maximum Gasteiger partial charge on any atom is 0.244 e. The van der Waals surface area contributed by atoms with Gasteiger partial charge in [-0.2, -0.15) is 11.3 Å². The largest absolute Gasteiger partial charge is 0.321 e. The Bertz CT molecular complexity index is 465. The molecular formula is C16H24N2OS. The fourth-order valence-electron chi connectivity index (χ4n) is 3.48. The quantitative estimate of drug-likeness (QED) is 0.920. The van der Waals surface area contributed by atoms with E-state index in [1.165, 1.54) is 18.4 Å². The Kier molecular flexibility index (Phi) is 3.87. The third-order valence-electron chi connectivity index (χ3n) is 4.92. The molecule has 0 aromatic carbocycles. The number of carbonyl (C=O) groups is 1. The average molecular weight is 292 g/mol. The van der Waals surface area contributed by atoms with Gasteiger partial charge in [-0.15, -0.1) is 0 Å². The van der Waals surface area contributed by atoms with Gasteiger partial charge in [0.25, 0.3) is 0 Å². The number of rotatable bonds is 4. The van der Waals surface area contributed by atoms with Crippen molar-refractivity contribution in [3.8, 4) is 0 Å². The van der Waals surface area contributed by atoms with Gasteiger partial charge in [0.15, 0.2) is 0 Å². The first kappa shape index (κ1) is 14.1. The molecule has 1 aromatic rings. The average Bonchev–Trinajstić information content (AvgIpc) is 3.16. The maximum absolute atomic E-state index is 13.0. The van der Waals surface area contributed by atoms with E-state index in [0.717, 1.165) is 25.8 Å². The molecule has 2 atom stereocenters. The van der Waals surface area contributed by atoms with E-state index < -0.39 is 0 Å². The molecule has 0 bridgehead atoms. The molecule has 1 saturated carbocycles. The van der Waals surface area contributed by atoms with Gasteiger partial charge >= 0.3 is 0 Å². The Morgan fingerprint density at radius 2 is 2.25 bits per heavy atom. The SMILES string of the molecule is CCC(C)CN1C(=O)C2(CCCC2)NC1c1ccsc1. The molecule has 110 valence electrons. The molecule has 2 heterocycles. The van der Waals surface area contributed by atoms with Crippen LogP contribution in [0, 0.1) is 5.92 Å². The first-order chi connectivity index (χ1) is 9.66. The Morgan fingerprint density at radius 1 is 1.50 bits per heavy atom. The minimum atomic E-state index is -0.264. The highest BCUT2D eigenvalue weighted by Crippen LogP contribution is 2.41. The van der Waals surface area contributed by atoms with Crippen LogP contribution in [0.3, 0.4) is 0 Å². The third kappa shape index (κ3) is 2.29. The summed E-state index contributed by atoms with van der Waals surface area (Å²) in [7, 11) is 0. The van der Waals surface area contributed by atoms with E-state index in [0.29, 0.717) is 11.8 Å². The van der Waals surface area contributed by atoms with Crippen molar-refractivity contribution >= 4 is 17.2 Å². The molecule has 1 N–H and O–H groups in total. The molecule has 2 fully saturated rings. The molecule has 1 aliphatic carbocycles. The van der Waals surface area contributed by atoms with E-state index in [1.54, 1.807) is 11.3 Å². The first-order valence-electron chi connectivity index (χ1n) is 7.77. The van der Waals surface area contributed by atoms with Gasteiger partial charge in [-0.25, -0.2) is 0 Å². The predicted molar refractivity (Wildman–Crippen MR) is 82.6 cm³/mol. The molecule has 2 aliphatic rings. The molecule has 3 nitrogen and oxygen atoms in total. The summed E-state index contributed by atoms with van der Waals surface area (Å²) < 4.78 is 0. The molecule has 4 heteroatoms. The topological polar surface area (TPSA) is 32.3 Å². The second-order valence-electron chi connectivity index (χ2n) is 6.36. The maximum atomic E-state index is 13.0. The van der Waals surface area contributed by atoms with Crippen LogP contribution in [0.15, 0.2) is 16.8 Å². The van der Waals surface area contributed by atoms with Gasteiger partial charge in [0.2, 0.25) is 5.91 Å². The summed E-state index contributed by atoms with van der Waals surface area (Å²) in [5, 5.41) is 7.95. The second kappa shape index (κ2) is 5.49. The molecule has 1 aromatic heterocycles. The zero-order chi connectivity index (χ0) is 14.2. The van der Waals surface area contributed by atoms with E-state index >= 15 is 0 Å². The molecule has 1 saturated heterocycles. The van der Waals surface area contributed by atoms with Crippen LogP contribution in [-0.2, 0) is 4.79 Å². The smallest absolute Gasteiger partial charge is 0.244 e. The van der Waals surface area contributed by atoms with Gasteiger partial charge < -0.3 is 4.90 Å². The molecule has 1 amide bonds. The Hall–Kier alpha value is -0.870. The monoisotopic (exact) mass is 292 g/mol. The van der Waals surface area contributed by atoms with Gasteiger partial charge in [0, 0.05) is 6.54 Å². The lowest BCUT2D eigenvalue weighted by atomic mass is 9.97. The van der Waals surface area contributed by atoms with Crippen molar-refractivity contribution in [2.45, 2.75) is 57.7 Å². The van der Waals surface area contributed by atoms with E-state index in [9.17, 15) is 4.79 Å². The van der Waals surface area contributed by atoms with Crippen LogP contribution in [0.4, 0.5) is 0 Å². The standard InChI is InChI=1S/C16H24N2OS/c1-3-12(2)10-18-14(13-6-9-20-11-13)17-16(15(18)19)7-4-5-8-16/h6,9,11-12,14,17H,3-5,7-8,10H2,1-2H3. The third-order valence-corrected chi connectivity index (χ3v) is 5.62. The molecule has 3 rings (SSSR count). The second-order valence-corrected chi connectivity index (χ2v) is 7.14. The first-order valence-corrected chi connectivity index (χ1v) is 8.71. The van der Waals surface area contributed by atoms with Crippen molar-refractivity contribution in [1.29, 1.82) is 0 Å². The zero-order valence-corrected chi connectivity index (χ0v) is 13.2. The highest BCUT2D eigenvalue weighted by atomic mass is 32.1. The van der Waals surface area contributed by atoms with Crippen molar-refractivity contribution in [2.75, 3.05) is 6.54 Å². The van der Waals surface area contributed by atoms with Crippen LogP contribution < -0.4 is 5.32 Å². The lowest BCUT2D eigenvalue weighted by Gasteiger charge is -2.26. The predicted octanol–water partition coefficient (Wildman–Crippen LogP) is 3.54.